The SMILES string of the molecule is CS(=O)(=O)CCNc1cc(N2C3CCC2COC3)nc(-c2ccc(N)cc2)n1. The Morgan fingerprint density at radius 2 is 1.86 bits per heavy atom. The number of hydrogen-bond donors (Lipinski definition) is 2. The number of aromatic nitrogens is 2. The monoisotopic (exact) mass is 403 g/mol. The molecule has 4 rings (SSSR count). The first-order valence-electron chi connectivity index (χ1n) is 9.42. The van der Waals surface area contributed by atoms with Gasteiger partial charge in [0.1, 0.15) is 21.5 Å². The molecule has 2 fully saturated rings. The number of nitrogens with one attached hydrogen (secondary N) is 1. The molecule has 1 aromatic heterocycles. The van der Waals surface area contributed by atoms with Gasteiger partial charge in [-0.25, -0.2) is 18.4 Å². The van der Waals surface area contributed by atoms with E-state index >= 15 is 0 Å². The second kappa shape index (κ2) is 7.56. The molecular formula is C19H25N5O3S. The highest BCUT2D eigenvalue weighted by molar-refractivity contribution is 7.90. The van der Waals surface area contributed by atoms with Gasteiger partial charge in [0, 0.05) is 30.1 Å². The molecule has 0 aliphatic carbocycles. The molecular weight excluding hydrogens is 378 g/mol. The van der Waals surface area contributed by atoms with Crippen molar-refractivity contribution in [2.45, 2.75) is 24.9 Å². The standard InChI is InChI=1S/C19H25N5O3S/c1-28(25,26)9-8-21-17-10-18(24-15-6-7-16(24)12-27-11-15)23-19(22-17)13-2-4-14(20)5-3-13/h2-5,10,15-16H,6-9,11-12,20H2,1H3,(H,21,22,23). The van der Waals surface area contributed by atoms with E-state index in [1.165, 1.54) is 6.26 Å². The van der Waals surface area contributed by atoms with Crippen LogP contribution < -0.4 is 16.0 Å². The van der Waals surface area contributed by atoms with Crippen molar-refractivity contribution in [2.24, 2.45) is 0 Å². The molecule has 9 heteroatoms. The maximum Gasteiger partial charge on any atom is 0.163 e. The van der Waals surface area contributed by atoms with Crippen LogP contribution in [0.25, 0.3) is 11.4 Å². The molecule has 8 nitrogen and oxygen atoms in total. The van der Waals surface area contributed by atoms with Gasteiger partial charge in [0.15, 0.2) is 5.82 Å². The van der Waals surface area contributed by atoms with Crippen molar-refractivity contribution in [2.75, 3.05) is 47.7 Å². The average Bonchev–Trinajstić information content (AvgIpc) is 2.90. The number of sulfone groups is 1. The number of ether oxygens (including phenoxy) is 1. The van der Waals surface area contributed by atoms with Gasteiger partial charge in [0.2, 0.25) is 0 Å². The van der Waals surface area contributed by atoms with Gasteiger partial charge in [-0.15, -0.1) is 0 Å². The lowest BCUT2D eigenvalue weighted by Gasteiger charge is -2.35. The number of nitrogens with two attached hydrogens (primary N) is 1. The normalized spacial score (nSPS) is 21.7. The Labute approximate surface area is 165 Å². The summed E-state index contributed by atoms with van der Waals surface area (Å²) in [6.07, 6.45) is 3.40. The van der Waals surface area contributed by atoms with E-state index < -0.39 is 9.84 Å². The van der Waals surface area contributed by atoms with E-state index in [-0.39, 0.29) is 5.75 Å². The Morgan fingerprint density at radius 1 is 1.18 bits per heavy atom. The van der Waals surface area contributed by atoms with Gasteiger partial charge >= 0.3 is 0 Å². The minimum Gasteiger partial charge on any atom is -0.399 e. The van der Waals surface area contributed by atoms with E-state index in [1.54, 1.807) is 0 Å². The zero-order valence-corrected chi connectivity index (χ0v) is 16.7. The highest BCUT2D eigenvalue weighted by atomic mass is 32.2. The largest absolute Gasteiger partial charge is 0.399 e. The van der Waals surface area contributed by atoms with Crippen LogP contribution >= 0.6 is 0 Å². The highest BCUT2D eigenvalue weighted by Crippen LogP contribution is 2.34. The van der Waals surface area contributed by atoms with Gasteiger partial charge < -0.3 is 20.7 Å². The number of nitrogens with zero attached hydrogens (tertiary/aromatic N) is 3. The van der Waals surface area contributed by atoms with Gasteiger partial charge in [-0.05, 0) is 37.1 Å². The second-order valence-electron chi connectivity index (χ2n) is 7.44. The van der Waals surface area contributed by atoms with E-state index in [2.05, 4.69) is 15.2 Å². The van der Waals surface area contributed by atoms with Crippen LogP contribution in [0, 0.1) is 0 Å². The molecule has 0 saturated carbocycles. The molecule has 0 amide bonds. The minimum absolute atomic E-state index is 0.0480. The predicted octanol–water partition coefficient (Wildman–Crippen LogP) is 1.55. The number of nitrogen functional groups attached to an aromatic ring is 1. The van der Waals surface area contributed by atoms with Gasteiger partial charge in [-0.3, -0.25) is 0 Å². The molecule has 2 aliphatic rings. The fraction of sp³-hybridized carbons (Fsp3) is 0.474. The summed E-state index contributed by atoms with van der Waals surface area (Å²) in [5, 5.41) is 3.14. The van der Waals surface area contributed by atoms with Crippen molar-refractivity contribution in [1.29, 1.82) is 0 Å². The molecule has 2 atom stereocenters. The number of hydrogen-bond acceptors (Lipinski definition) is 8. The van der Waals surface area contributed by atoms with Crippen molar-refractivity contribution in [3.05, 3.63) is 30.3 Å². The predicted molar refractivity (Wildman–Crippen MR) is 110 cm³/mol. The molecule has 2 bridgehead atoms. The molecule has 28 heavy (non-hydrogen) atoms. The van der Waals surface area contributed by atoms with Gasteiger partial charge in [-0.2, -0.15) is 0 Å². The van der Waals surface area contributed by atoms with Crippen molar-refractivity contribution >= 4 is 27.2 Å². The maximum atomic E-state index is 11.4. The first-order chi connectivity index (χ1) is 13.4. The molecule has 3 N–H and O–H groups in total. The third-order valence-electron chi connectivity index (χ3n) is 5.17. The van der Waals surface area contributed by atoms with Crippen LogP contribution in [-0.4, -0.2) is 62.2 Å². The van der Waals surface area contributed by atoms with E-state index in [1.807, 2.05) is 30.3 Å². The summed E-state index contributed by atoms with van der Waals surface area (Å²) in [6.45, 7) is 1.70. The van der Waals surface area contributed by atoms with Crippen molar-refractivity contribution in [3.8, 4) is 11.4 Å². The molecule has 2 aromatic rings. The summed E-state index contributed by atoms with van der Waals surface area (Å²) in [7, 11) is -3.05. The summed E-state index contributed by atoms with van der Waals surface area (Å²) in [5.74, 6) is 2.10. The van der Waals surface area contributed by atoms with Crippen LogP contribution in [0.5, 0.6) is 0 Å². The van der Waals surface area contributed by atoms with Crippen molar-refractivity contribution in [3.63, 3.8) is 0 Å². The Morgan fingerprint density at radius 3 is 2.50 bits per heavy atom. The van der Waals surface area contributed by atoms with E-state index in [4.69, 9.17) is 15.5 Å². The Kier molecular flexibility index (Phi) is 5.11. The number of fused-ring (bicyclic) bond motifs is 2. The summed E-state index contributed by atoms with van der Waals surface area (Å²) in [5.41, 5.74) is 7.34. The zero-order valence-electron chi connectivity index (χ0n) is 15.8. The molecule has 150 valence electrons. The molecule has 0 spiro atoms. The molecule has 2 unspecified atom stereocenters. The lowest BCUT2D eigenvalue weighted by molar-refractivity contribution is 0.0902. The minimum atomic E-state index is -3.05. The quantitative estimate of drug-likeness (QED) is 0.699. The smallest absolute Gasteiger partial charge is 0.163 e. The van der Waals surface area contributed by atoms with Gasteiger partial charge in [0.05, 0.1) is 31.1 Å². The van der Waals surface area contributed by atoms with Crippen molar-refractivity contribution < 1.29 is 13.2 Å². The van der Waals surface area contributed by atoms with Crippen LogP contribution in [0.1, 0.15) is 12.8 Å². The highest BCUT2D eigenvalue weighted by Gasteiger charge is 2.38. The fourth-order valence-corrected chi connectivity index (χ4v) is 4.26. The molecule has 3 heterocycles. The van der Waals surface area contributed by atoms with Crippen LogP contribution in [0.15, 0.2) is 30.3 Å². The van der Waals surface area contributed by atoms with Gasteiger partial charge in [-0.1, -0.05) is 0 Å². The number of morpholine rings is 1. The summed E-state index contributed by atoms with van der Waals surface area (Å²) >= 11 is 0. The number of benzene rings is 1. The first kappa shape index (κ1) is 18.9. The van der Waals surface area contributed by atoms with Crippen LogP contribution in [0.4, 0.5) is 17.3 Å². The average molecular weight is 404 g/mol. The summed E-state index contributed by atoms with van der Waals surface area (Å²) in [4.78, 5) is 11.7. The Bertz CT molecular complexity index is 933. The van der Waals surface area contributed by atoms with Crippen LogP contribution in [-0.2, 0) is 14.6 Å². The molecule has 0 radical (unpaired) electrons. The number of rotatable bonds is 6. The topological polar surface area (TPSA) is 110 Å². The lowest BCUT2D eigenvalue weighted by atomic mass is 10.2. The van der Waals surface area contributed by atoms with Gasteiger partial charge in [0.25, 0.3) is 0 Å². The van der Waals surface area contributed by atoms with E-state index in [0.29, 0.717) is 49.2 Å². The van der Waals surface area contributed by atoms with Crippen LogP contribution in [0.3, 0.4) is 0 Å². The third kappa shape index (κ3) is 4.20. The lowest BCUT2D eigenvalue weighted by Crippen LogP contribution is -2.46. The number of anilines is 3. The fourth-order valence-electron chi connectivity index (χ4n) is 3.79. The Hall–Kier alpha value is -2.39. The van der Waals surface area contributed by atoms with E-state index in [9.17, 15) is 8.42 Å². The van der Waals surface area contributed by atoms with Crippen molar-refractivity contribution in [1.82, 2.24) is 9.97 Å². The second-order valence-corrected chi connectivity index (χ2v) is 9.70. The molecule has 2 saturated heterocycles. The van der Waals surface area contributed by atoms with Crippen LogP contribution in [0.2, 0.25) is 0 Å². The molecule has 2 aliphatic heterocycles. The maximum absolute atomic E-state index is 11.4. The van der Waals surface area contributed by atoms with E-state index in [0.717, 1.165) is 24.2 Å². The Balaban J connectivity index is 1.67. The summed E-state index contributed by atoms with van der Waals surface area (Å²) < 4.78 is 28.6. The summed E-state index contributed by atoms with van der Waals surface area (Å²) in [6, 6.07) is 9.96. The molecule has 1 aromatic carbocycles. The third-order valence-corrected chi connectivity index (χ3v) is 6.11. The zero-order chi connectivity index (χ0) is 19.7. The first-order valence-corrected chi connectivity index (χ1v) is 11.5.